The zero-order valence-corrected chi connectivity index (χ0v) is 10.9. The van der Waals surface area contributed by atoms with Gasteiger partial charge < -0.3 is 24.0 Å². The molecule has 100 valence electrons. The molecule has 0 spiro atoms. The molecule has 0 saturated heterocycles. The van der Waals surface area contributed by atoms with Crippen LogP contribution < -0.4 is 0 Å². The molecule has 0 amide bonds. The van der Waals surface area contributed by atoms with Gasteiger partial charge in [0, 0.05) is 0 Å². The Morgan fingerprint density at radius 2 is 2.12 bits per heavy atom. The van der Waals surface area contributed by atoms with E-state index in [4.69, 9.17) is 13.8 Å². The third kappa shape index (κ3) is 3.53. The maximum atomic E-state index is 12.4. The highest BCUT2D eigenvalue weighted by atomic mass is 31.2. The van der Waals surface area contributed by atoms with E-state index in [1.807, 2.05) is 0 Å². The van der Waals surface area contributed by atoms with Gasteiger partial charge >= 0.3 is 7.60 Å². The summed E-state index contributed by atoms with van der Waals surface area (Å²) in [6.45, 7) is 3.49. The van der Waals surface area contributed by atoms with E-state index in [0.29, 0.717) is 0 Å². The molecule has 0 aromatic carbocycles. The summed E-state index contributed by atoms with van der Waals surface area (Å²) in [5, 5.41) is 18.6. The van der Waals surface area contributed by atoms with Gasteiger partial charge in [0.2, 0.25) is 0 Å². The van der Waals surface area contributed by atoms with Crippen molar-refractivity contribution in [2.75, 3.05) is 26.4 Å². The molecule has 1 heterocycles. The standard InChI is InChI=1S/C10H19O6P/c1-3-15-17(13,16-4-2)10(6-11)9-5-8(12)7-14-9/h5,8,10-12H,3-4,6-7H2,1-2H3/t8-,10?/m0/s1. The number of aliphatic hydroxyl groups excluding tert-OH is 2. The van der Waals surface area contributed by atoms with Crippen LogP contribution in [0.3, 0.4) is 0 Å². The van der Waals surface area contributed by atoms with Crippen LogP contribution in [0.2, 0.25) is 0 Å². The van der Waals surface area contributed by atoms with Crippen molar-refractivity contribution >= 4 is 7.60 Å². The first-order chi connectivity index (χ1) is 8.07. The molecule has 7 heteroatoms. The SMILES string of the molecule is CCOP(=O)(OCC)C(CO)C1=C[C@H](O)CO1. The van der Waals surface area contributed by atoms with Crippen LogP contribution in [0.5, 0.6) is 0 Å². The molecule has 6 nitrogen and oxygen atoms in total. The second-order valence-electron chi connectivity index (χ2n) is 3.52. The van der Waals surface area contributed by atoms with Crippen LogP contribution in [0.1, 0.15) is 13.8 Å². The molecule has 1 aliphatic rings. The van der Waals surface area contributed by atoms with E-state index in [1.54, 1.807) is 13.8 Å². The lowest BCUT2D eigenvalue weighted by Crippen LogP contribution is -2.20. The maximum absolute atomic E-state index is 12.4. The van der Waals surface area contributed by atoms with Crippen molar-refractivity contribution in [1.29, 1.82) is 0 Å². The lowest BCUT2D eigenvalue weighted by molar-refractivity contribution is 0.122. The molecule has 0 aliphatic carbocycles. The predicted molar refractivity (Wildman–Crippen MR) is 61.8 cm³/mol. The summed E-state index contributed by atoms with van der Waals surface area (Å²) in [5.41, 5.74) is -0.875. The van der Waals surface area contributed by atoms with Crippen molar-refractivity contribution < 1.29 is 28.6 Å². The molecule has 2 N–H and O–H groups in total. The summed E-state index contributed by atoms with van der Waals surface area (Å²) in [6.07, 6.45) is 0.682. The van der Waals surface area contributed by atoms with E-state index in [-0.39, 0.29) is 25.6 Å². The fourth-order valence-electron chi connectivity index (χ4n) is 1.60. The Balaban J connectivity index is 2.89. The summed E-state index contributed by atoms with van der Waals surface area (Å²) in [4.78, 5) is 0. The fourth-order valence-corrected chi connectivity index (χ4v) is 3.42. The molecule has 1 rings (SSSR count). The van der Waals surface area contributed by atoms with Crippen molar-refractivity contribution in [3.63, 3.8) is 0 Å². The molecule has 1 aliphatic heterocycles. The normalized spacial score (nSPS) is 22.1. The van der Waals surface area contributed by atoms with Gasteiger partial charge in [-0.1, -0.05) is 0 Å². The van der Waals surface area contributed by atoms with Gasteiger partial charge in [0.15, 0.2) is 0 Å². The molecule has 0 bridgehead atoms. The van der Waals surface area contributed by atoms with Crippen LogP contribution in [-0.4, -0.2) is 48.4 Å². The zero-order chi connectivity index (χ0) is 12.9. The van der Waals surface area contributed by atoms with Crippen molar-refractivity contribution in [2.24, 2.45) is 0 Å². The highest BCUT2D eigenvalue weighted by molar-refractivity contribution is 7.55. The maximum Gasteiger partial charge on any atom is 0.343 e. The molecule has 0 radical (unpaired) electrons. The van der Waals surface area contributed by atoms with Crippen LogP contribution >= 0.6 is 7.60 Å². The fraction of sp³-hybridized carbons (Fsp3) is 0.800. The van der Waals surface area contributed by atoms with E-state index in [1.165, 1.54) is 6.08 Å². The number of hydrogen-bond donors (Lipinski definition) is 2. The predicted octanol–water partition coefficient (Wildman–Crippen LogP) is 0.888. The summed E-state index contributed by atoms with van der Waals surface area (Å²) in [7, 11) is -3.46. The Bertz CT molecular complexity index is 306. The average Bonchev–Trinajstić information content (AvgIpc) is 2.66. The first-order valence-electron chi connectivity index (χ1n) is 5.59. The topological polar surface area (TPSA) is 85.2 Å². The molecule has 0 aromatic rings. The second kappa shape index (κ2) is 6.52. The van der Waals surface area contributed by atoms with Gasteiger partial charge in [-0.25, -0.2) is 0 Å². The number of ether oxygens (including phenoxy) is 1. The Kier molecular flexibility index (Phi) is 5.62. The molecule has 1 unspecified atom stereocenters. The van der Waals surface area contributed by atoms with E-state index in [0.717, 1.165) is 0 Å². The summed E-state index contributed by atoms with van der Waals surface area (Å²) >= 11 is 0. The van der Waals surface area contributed by atoms with Gasteiger partial charge in [0.1, 0.15) is 24.1 Å². The van der Waals surface area contributed by atoms with Crippen LogP contribution in [-0.2, 0) is 18.3 Å². The monoisotopic (exact) mass is 266 g/mol. The van der Waals surface area contributed by atoms with Gasteiger partial charge in [0.25, 0.3) is 0 Å². The zero-order valence-electron chi connectivity index (χ0n) is 10.0. The Labute approximate surface area is 101 Å². The van der Waals surface area contributed by atoms with E-state index >= 15 is 0 Å². The lowest BCUT2D eigenvalue weighted by Gasteiger charge is -2.25. The first-order valence-corrected chi connectivity index (χ1v) is 7.20. The number of aliphatic hydroxyl groups is 2. The molecule has 0 aromatic heterocycles. The number of rotatable bonds is 7. The van der Waals surface area contributed by atoms with E-state index in [2.05, 4.69) is 0 Å². The van der Waals surface area contributed by atoms with E-state index in [9.17, 15) is 14.8 Å². The quantitative estimate of drug-likeness (QED) is 0.666. The lowest BCUT2D eigenvalue weighted by atomic mass is 10.3. The van der Waals surface area contributed by atoms with Crippen LogP contribution in [0, 0.1) is 0 Å². The number of hydrogen-bond acceptors (Lipinski definition) is 6. The molecule has 0 fully saturated rings. The summed E-state index contributed by atoms with van der Waals surface area (Å²) in [5.74, 6) is 0.269. The van der Waals surface area contributed by atoms with E-state index < -0.39 is 26.0 Å². The molecular formula is C10H19O6P. The minimum absolute atomic E-state index is 0.101. The van der Waals surface area contributed by atoms with Gasteiger partial charge in [-0.05, 0) is 19.9 Å². The van der Waals surface area contributed by atoms with Crippen molar-refractivity contribution in [1.82, 2.24) is 0 Å². The van der Waals surface area contributed by atoms with Crippen LogP contribution in [0.25, 0.3) is 0 Å². The highest BCUT2D eigenvalue weighted by Crippen LogP contribution is 2.55. The Hall–Kier alpha value is -0.390. The van der Waals surface area contributed by atoms with Crippen molar-refractivity contribution in [2.45, 2.75) is 25.6 Å². The van der Waals surface area contributed by atoms with Gasteiger partial charge in [0.05, 0.1) is 19.8 Å². The largest absolute Gasteiger partial charge is 0.494 e. The van der Waals surface area contributed by atoms with Crippen LogP contribution in [0.15, 0.2) is 11.8 Å². The molecule has 17 heavy (non-hydrogen) atoms. The summed E-state index contributed by atoms with van der Waals surface area (Å²) in [6, 6.07) is 0. The van der Waals surface area contributed by atoms with Gasteiger partial charge in [-0.15, -0.1) is 0 Å². The third-order valence-electron chi connectivity index (χ3n) is 2.28. The molecular weight excluding hydrogens is 247 g/mol. The Morgan fingerprint density at radius 1 is 1.53 bits per heavy atom. The third-order valence-corrected chi connectivity index (χ3v) is 4.70. The second-order valence-corrected chi connectivity index (χ2v) is 5.74. The first kappa shape index (κ1) is 14.7. The van der Waals surface area contributed by atoms with Gasteiger partial charge in [-0.3, -0.25) is 4.57 Å². The highest BCUT2D eigenvalue weighted by Gasteiger charge is 2.40. The van der Waals surface area contributed by atoms with Crippen LogP contribution in [0.4, 0.5) is 0 Å². The smallest absolute Gasteiger partial charge is 0.343 e. The molecule has 0 saturated carbocycles. The summed E-state index contributed by atoms with van der Waals surface area (Å²) < 4.78 is 27.9. The average molecular weight is 266 g/mol. The van der Waals surface area contributed by atoms with Crippen molar-refractivity contribution in [3.8, 4) is 0 Å². The minimum atomic E-state index is -3.46. The van der Waals surface area contributed by atoms with Crippen molar-refractivity contribution in [3.05, 3.63) is 11.8 Å². The Morgan fingerprint density at radius 3 is 2.47 bits per heavy atom. The van der Waals surface area contributed by atoms with Gasteiger partial charge in [-0.2, -0.15) is 0 Å². The molecule has 2 atom stereocenters. The minimum Gasteiger partial charge on any atom is -0.494 e.